The van der Waals surface area contributed by atoms with Crippen molar-refractivity contribution in [2.75, 3.05) is 5.75 Å². The van der Waals surface area contributed by atoms with Crippen molar-refractivity contribution < 1.29 is 12.9 Å². The molecule has 0 aliphatic heterocycles. The molecule has 2 aromatic rings. The van der Waals surface area contributed by atoms with Crippen molar-refractivity contribution in [3.63, 3.8) is 0 Å². The summed E-state index contributed by atoms with van der Waals surface area (Å²) in [5.74, 6) is 0.946. The maximum atomic E-state index is 12.4. The highest BCUT2D eigenvalue weighted by atomic mass is 32.2. The molecule has 0 bridgehead atoms. The number of thioether (sulfide) groups is 1. The van der Waals surface area contributed by atoms with Crippen LogP contribution >= 0.6 is 11.8 Å². The Kier molecular flexibility index (Phi) is 4.75. The third-order valence-electron chi connectivity index (χ3n) is 3.91. The molecular weight excluding hydrogens is 320 g/mol. The second-order valence-electron chi connectivity index (χ2n) is 5.59. The monoisotopic (exact) mass is 340 g/mol. The number of nitrogens with zero attached hydrogens (tertiary/aromatic N) is 1. The average molecular weight is 340 g/mol. The molecule has 2 unspecified atom stereocenters. The molecule has 1 aromatic heterocycles. The number of hydrogen-bond donors (Lipinski definition) is 1. The van der Waals surface area contributed by atoms with E-state index in [1.807, 2.05) is 30.0 Å². The highest BCUT2D eigenvalue weighted by Gasteiger charge is 2.28. The van der Waals surface area contributed by atoms with Crippen molar-refractivity contribution >= 4 is 32.8 Å². The van der Waals surface area contributed by atoms with E-state index < -0.39 is 10.0 Å². The summed E-state index contributed by atoms with van der Waals surface area (Å²) in [6, 6.07) is 7.36. The predicted octanol–water partition coefficient (Wildman–Crippen LogP) is 2.92. The summed E-state index contributed by atoms with van der Waals surface area (Å²) in [5, 5.41) is 5.24. The first kappa shape index (κ1) is 15.8. The Labute approximate surface area is 134 Å². The Morgan fingerprint density at radius 3 is 3.00 bits per heavy atom. The zero-order valence-corrected chi connectivity index (χ0v) is 14.1. The van der Waals surface area contributed by atoms with E-state index in [0.717, 1.165) is 30.4 Å². The Morgan fingerprint density at radius 1 is 1.36 bits per heavy atom. The van der Waals surface area contributed by atoms with Crippen LogP contribution < -0.4 is 4.72 Å². The summed E-state index contributed by atoms with van der Waals surface area (Å²) in [4.78, 5) is 0. The van der Waals surface area contributed by atoms with Crippen LogP contribution in [0.3, 0.4) is 0 Å². The molecule has 0 amide bonds. The molecule has 1 aliphatic carbocycles. The molecule has 0 spiro atoms. The highest BCUT2D eigenvalue weighted by molar-refractivity contribution is 7.99. The molecular formula is C15H20N2O3S2. The van der Waals surface area contributed by atoms with Crippen molar-refractivity contribution in [1.29, 1.82) is 0 Å². The molecule has 1 N–H and O–H groups in total. The fourth-order valence-electron chi connectivity index (χ4n) is 2.95. The van der Waals surface area contributed by atoms with Gasteiger partial charge in [-0.3, -0.25) is 0 Å². The standard InChI is InChI=1S/C15H20N2O3S2/c1-2-21-12-8-7-11(9-12)17-22(18,19)10-14-13-5-3-4-6-15(13)20-16-14/h3-6,11-12,17H,2,7-10H2,1H3. The molecule has 1 saturated carbocycles. The van der Waals surface area contributed by atoms with E-state index >= 15 is 0 Å². The molecule has 5 nitrogen and oxygen atoms in total. The van der Waals surface area contributed by atoms with Gasteiger partial charge in [-0.15, -0.1) is 0 Å². The molecule has 0 saturated heterocycles. The van der Waals surface area contributed by atoms with E-state index in [1.54, 1.807) is 6.07 Å². The van der Waals surface area contributed by atoms with E-state index in [2.05, 4.69) is 16.8 Å². The summed E-state index contributed by atoms with van der Waals surface area (Å²) < 4.78 is 32.7. The summed E-state index contributed by atoms with van der Waals surface area (Å²) in [7, 11) is -3.40. The molecule has 0 radical (unpaired) electrons. The zero-order chi connectivity index (χ0) is 15.6. The lowest BCUT2D eigenvalue weighted by Crippen LogP contribution is -2.34. The van der Waals surface area contributed by atoms with Crippen molar-refractivity contribution in [2.45, 2.75) is 43.2 Å². The van der Waals surface area contributed by atoms with Gasteiger partial charge in [-0.05, 0) is 37.1 Å². The SMILES string of the molecule is CCSC1CCC(NS(=O)(=O)Cc2noc3ccccc23)C1. The minimum absolute atomic E-state index is 0.0483. The second-order valence-corrected chi connectivity index (χ2v) is 8.92. The first-order valence-electron chi connectivity index (χ1n) is 7.52. The average Bonchev–Trinajstić information content (AvgIpc) is 3.06. The van der Waals surface area contributed by atoms with Gasteiger partial charge in [0.2, 0.25) is 10.0 Å². The van der Waals surface area contributed by atoms with Gasteiger partial charge in [-0.1, -0.05) is 24.2 Å². The maximum Gasteiger partial charge on any atom is 0.217 e. The third-order valence-corrected chi connectivity index (χ3v) is 6.49. The van der Waals surface area contributed by atoms with Gasteiger partial charge in [-0.25, -0.2) is 13.1 Å². The zero-order valence-electron chi connectivity index (χ0n) is 12.5. The van der Waals surface area contributed by atoms with Crippen LogP contribution in [-0.2, 0) is 15.8 Å². The summed E-state index contributed by atoms with van der Waals surface area (Å²) in [6.45, 7) is 2.14. The molecule has 2 atom stereocenters. The Bertz CT molecular complexity index is 742. The minimum atomic E-state index is -3.40. The number of sulfonamides is 1. The molecule has 1 fully saturated rings. The van der Waals surface area contributed by atoms with Gasteiger partial charge < -0.3 is 4.52 Å². The van der Waals surface area contributed by atoms with Gasteiger partial charge in [0.05, 0.1) is 0 Å². The molecule has 1 aliphatic rings. The predicted molar refractivity (Wildman–Crippen MR) is 89.3 cm³/mol. The number of rotatable bonds is 6. The fourth-order valence-corrected chi connectivity index (χ4v) is 5.47. The number of fused-ring (bicyclic) bond motifs is 1. The Balaban J connectivity index is 1.67. The third kappa shape index (κ3) is 3.64. The quantitative estimate of drug-likeness (QED) is 0.875. The van der Waals surface area contributed by atoms with Gasteiger partial charge in [-0.2, -0.15) is 11.8 Å². The van der Waals surface area contributed by atoms with E-state index in [-0.39, 0.29) is 11.8 Å². The molecule has 22 heavy (non-hydrogen) atoms. The van der Waals surface area contributed by atoms with Crippen LogP contribution in [-0.4, -0.2) is 30.6 Å². The Morgan fingerprint density at radius 2 is 2.18 bits per heavy atom. The van der Waals surface area contributed by atoms with E-state index in [0.29, 0.717) is 16.5 Å². The van der Waals surface area contributed by atoms with Crippen LogP contribution in [0.5, 0.6) is 0 Å². The van der Waals surface area contributed by atoms with Gasteiger partial charge in [0.25, 0.3) is 0 Å². The smallest absolute Gasteiger partial charge is 0.217 e. The lowest BCUT2D eigenvalue weighted by atomic mass is 10.2. The molecule has 7 heteroatoms. The van der Waals surface area contributed by atoms with E-state index in [1.165, 1.54) is 0 Å². The van der Waals surface area contributed by atoms with Crippen LogP contribution in [0.4, 0.5) is 0 Å². The van der Waals surface area contributed by atoms with Crippen molar-refractivity contribution in [3.8, 4) is 0 Å². The second kappa shape index (κ2) is 6.60. The van der Waals surface area contributed by atoms with Gasteiger partial charge in [0.15, 0.2) is 5.58 Å². The summed E-state index contributed by atoms with van der Waals surface area (Å²) in [5.41, 5.74) is 1.09. The van der Waals surface area contributed by atoms with Crippen LogP contribution in [0.15, 0.2) is 28.8 Å². The number of aromatic nitrogens is 1. The van der Waals surface area contributed by atoms with Gasteiger partial charge in [0, 0.05) is 16.7 Å². The number of nitrogens with one attached hydrogen (secondary N) is 1. The number of hydrogen-bond acceptors (Lipinski definition) is 5. The lowest BCUT2D eigenvalue weighted by molar-refractivity contribution is 0.448. The molecule has 3 rings (SSSR count). The molecule has 1 heterocycles. The summed E-state index contributed by atoms with van der Waals surface area (Å²) in [6.07, 6.45) is 2.91. The highest BCUT2D eigenvalue weighted by Crippen LogP contribution is 2.30. The minimum Gasteiger partial charge on any atom is -0.356 e. The van der Waals surface area contributed by atoms with E-state index in [4.69, 9.17) is 4.52 Å². The van der Waals surface area contributed by atoms with Crippen LogP contribution in [0.1, 0.15) is 31.9 Å². The van der Waals surface area contributed by atoms with Gasteiger partial charge in [0.1, 0.15) is 11.4 Å². The maximum absolute atomic E-state index is 12.4. The van der Waals surface area contributed by atoms with Crippen molar-refractivity contribution in [3.05, 3.63) is 30.0 Å². The normalized spacial score (nSPS) is 22.4. The van der Waals surface area contributed by atoms with Crippen LogP contribution in [0, 0.1) is 0 Å². The topological polar surface area (TPSA) is 72.2 Å². The van der Waals surface area contributed by atoms with E-state index in [9.17, 15) is 8.42 Å². The summed E-state index contributed by atoms with van der Waals surface area (Å²) >= 11 is 1.91. The Hall–Kier alpha value is -1.05. The van der Waals surface area contributed by atoms with Gasteiger partial charge >= 0.3 is 0 Å². The first-order chi connectivity index (χ1) is 10.6. The first-order valence-corrected chi connectivity index (χ1v) is 10.2. The largest absolute Gasteiger partial charge is 0.356 e. The molecule has 120 valence electrons. The van der Waals surface area contributed by atoms with Crippen molar-refractivity contribution in [2.24, 2.45) is 0 Å². The lowest BCUT2D eigenvalue weighted by Gasteiger charge is -2.12. The van der Waals surface area contributed by atoms with Crippen LogP contribution in [0.25, 0.3) is 11.0 Å². The fraction of sp³-hybridized carbons (Fsp3) is 0.533. The number of para-hydroxylation sites is 1. The van der Waals surface area contributed by atoms with Crippen molar-refractivity contribution in [1.82, 2.24) is 9.88 Å². The number of benzene rings is 1. The van der Waals surface area contributed by atoms with Crippen LogP contribution in [0.2, 0.25) is 0 Å². The molecule has 1 aromatic carbocycles.